The highest BCUT2D eigenvalue weighted by atomic mass is 32.2. The van der Waals surface area contributed by atoms with Gasteiger partial charge in [-0.15, -0.1) is 34.4 Å². The first-order valence-corrected chi connectivity index (χ1v) is 17.9. The van der Waals surface area contributed by atoms with Crippen LogP contribution in [0.15, 0.2) is 88.6 Å². The number of oxime groups is 1. The van der Waals surface area contributed by atoms with Crippen molar-refractivity contribution in [1.29, 1.82) is 0 Å². The first-order chi connectivity index (χ1) is 23.0. The van der Waals surface area contributed by atoms with Crippen molar-refractivity contribution in [3.63, 3.8) is 0 Å². The van der Waals surface area contributed by atoms with Gasteiger partial charge in [0.15, 0.2) is 16.9 Å². The van der Waals surface area contributed by atoms with Gasteiger partial charge in [-0.3, -0.25) is 19.5 Å². The summed E-state index contributed by atoms with van der Waals surface area (Å²) in [6.45, 7) is 0. The van der Waals surface area contributed by atoms with Crippen LogP contribution in [0.3, 0.4) is 0 Å². The Bertz CT molecular complexity index is 1780. The number of thioether (sulfide) groups is 1. The SMILES string of the molecule is Nc1nc(/C(=N/OC2CCCC2)C(=O)N[C@@H]2C(=O)N3C(C(=O)OC(c4ccccc4)c4ccccc4)=C(c4cncs4)CS[C@H]23)cs1. The van der Waals surface area contributed by atoms with E-state index >= 15 is 0 Å². The molecule has 3 aliphatic rings. The average Bonchev–Trinajstić information content (AvgIpc) is 3.91. The number of nitrogens with zero attached hydrogens (tertiary/aromatic N) is 4. The fraction of sp³-hybridized carbons (Fsp3) is 0.273. The van der Waals surface area contributed by atoms with Crippen LogP contribution in [0.1, 0.15) is 53.5 Å². The molecule has 4 heterocycles. The third-order valence-corrected chi connectivity index (χ3v) is 11.0. The van der Waals surface area contributed by atoms with Gasteiger partial charge in [0.05, 0.1) is 10.4 Å². The number of hydrogen-bond acceptors (Lipinski definition) is 12. The number of rotatable bonds is 10. The number of β-lactam (4-membered cyclic amide) rings is 1. The van der Waals surface area contributed by atoms with Crippen LogP contribution in [0, 0.1) is 0 Å². The van der Waals surface area contributed by atoms with Gasteiger partial charge in [-0.25, -0.2) is 9.78 Å². The average molecular weight is 687 g/mol. The first-order valence-electron chi connectivity index (χ1n) is 15.1. The molecule has 2 atom stereocenters. The normalized spacial score (nSPS) is 19.8. The Kier molecular flexibility index (Phi) is 9.05. The number of nitrogen functional groups attached to an aromatic ring is 1. The van der Waals surface area contributed by atoms with Crippen LogP contribution in [-0.4, -0.2) is 61.6 Å². The Morgan fingerprint density at radius 3 is 2.34 bits per heavy atom. The smallest absolute Gasteiger partial charge is 0.356 e. The van der Waals surface area contributed by atoms with E-state index in [0.717, 1.165) is 41.7 Å². The largest absolute Gasteiger partial charge is 0.448 e. The van der Waals surface area contributed by atoms with Crippen molar-refractivity contribution in [2.24, 2.45) is 5.16 Å². The van der Waals surface area contributed by atoms with Gasteiger partial charge in [0.2, 0.25) is 0 Å². The van der Waals surface area contributed by atoms with E-state index in [2.05, 4.69) is 20.4 Å². The molecule has 2 aromatic heterocycles. The molecule has 2 aliphatic heterocycles. The van der Waals surface area contributed by atoms with Gasteiger partial charge in [0, 0.05) is 22.9 Å². The van der Waals surface area contributed by atoms with Gasteiger partial charge in [-0.2, -0.15) is 0 Å². The molecule has 240 valence electrons. The second-order valence-corrected chi connectivity index (χ2v) is 14.1. The quantitative estimate of drug-likeness (QED) is 0.102. The fourth-order valence-electron chi connectivity index (χ4n) is 5.84. The first kappa shape index (κ1) is 31.1. The molecule has 4 aromatic rings. The predicted molar refractivity (Wildman–Crippen MR) is 181 cm³/mol. The number of aromatic nitrogens is 2. The molecule has 3 N–H and O–H groups in total. The minimum absolute atomic E-state index is 0.0500. The summed E-state index contributed by atoms with van der Waals surface area (Å²) in [6, 6.07) is 18.0. The molecule has 14 heteroatoms. The molecule has 2 fully saturated rings. The van der Waals surface area contributed by atoms with Gasteiger partial charge in [-0.05, 0) is 36.8 Å². The maximum Gasteiger partial charge on any atom is 0.356 e. The molecule has 0 radical (unpaired) electrons. The molecule has 2 amide bonds. The zero-order valence-electron chi connectivity index (χ0n) is 25.0. The fourth-order valence-corrected chi connectivity index (χ4v) is 8.51. The van der Waals surface area contributed by atoms with E-state index in [4.69, 9.17) is 15.3 Å². The van der Waals surface area contributed by atoms with Crippen molar-refractivity contribution in [1.82, 2.24) is 20.2 Å². The molecule has 1 saturated heterocycles. The number of ether oxygens (including phenoxy) is 1. The number of benzene rings is 2. The summed E-state index contributed by atoms with van der Waals surface area (Å²) in [5, 5.41) is 8.37. The number of nitrogens with one attached hydrogen (secondary N) is 1. The molecular weight excluding hydrogens is 657 g/mol. The lowest BCUT2D eigenvalue weighted by Crippen LogP contribution is -2.71. The molecule has 7 rings (SSSR count). The molecule has 1 saturated carbocycles. The Labute approximate surface area is 282 Å². The van der Waals surface area contributed by atoms with Crippen LogP contribution < -0.4 is 11.1 Å². The van der Waals surface area contributed by atoms with E-state index in [1.165, 1.54) is 39.3 Å². The molecule has 0 spiro atoms. The summed E-state index contributed by atoms with van der Waals surface area (Å²) in [5.74, 6) is -1.28. The number of carbonyl (C=O) groups excluding carboxylic acids is 3. The van der Waals surface area contributed by atoms with Crippen LogP contribution in [0.4, 0.5) is 5.13 Å². The van der Waals surface area contributed by atoms with Gasteiger partial charge < -0.3 is 20.6 Å². The summed E-state index contributed by atoms with van der Waals surface area (Å²) in [4.78, 5) is 58.0. The topological polar surface area (TPSA) is 149 Å². The van der Waals surface area contributed by atoms with E-state index in [-0.39, 0.29) is 28.3 Å². The Morgan fingerprint density at radius 1 is 1.02 bits per heavy atom. The van der Waals surface area contributed by atoms with Gasteiger partial charge in [0.25, 0.3) is 11.8 Å². The minimum Gasteiger partial charge on any atom is -0.448 e. The van der Waals surface area contributed by atoms with E-state index in [0.29, 0.717) is 11.3 Å². The lowest BCUT2D eigenvalue weighted by Gasteiger charge is -2.49. The van der Waals surface area contributed by atoms with Gasteiger partial charge in [-0.1, -0.05) is 65.8 Å². The maximum absolute atomic E-state index is 14.2. The number of thiazole rings is 2. The van der Waals surface area contributed by atoms with Gasteiger partial charge in [0.1, 0.15) is 28.9 Å². The Balaban J connectivity index is 1.16. The van der Waals surface area contributed by atoms with Crippen molar-refractivity contribution in [2.75, 3.05) is 11.5 Å². The third-order valence-electron chi connectivity index (χ3n) is 8.18. The lowest BCUT2D eigenvalue weighted by molar-refractivity contribution is -0.154. The van der Waals surface area contributed by atoms with Crippen molar-refractivity contribution < 1.29 is 24.0 Å². The Hall–Kier alpha value is -4.53. The van der Waals surface area contributed by atoms with Crippen molar-refractivity contribution in [2.45, 2.75) is 49.3 Å². The lowest BCUT2D eigenvalue weighted by atomic mass is 10.00. The van der Waals surface area contributed by atoms with E-state index < -0.39 is 35.3 Å². The molecule has 1 aliphatic carbocycles. The number of nitrogens with two attached hydrogens (primary N) is 1. The molecular formula is C33H30N6O5S3. The highest BCUT2D eigenvalue weighted by molar-refractivity contribution is 8.00. The van der Waals surface area contributed by atoms with Crippen molar-refractivity contribution in [3.05, 3.63) is 105 Å². The third kappa shape index (κ3) is 6.40. The summed E-state index contributed by atoms with van der Waals surface area (Å²) in [5.41, 5.74) is 10.1. The Morgan fingerprint density at radius 2 is 1.72 bits per heavy atom. The molecule has 11 nitrogen and oxygen atoms in total. The van der Waals surface area contributed by atoms with Crippen LogP contribution in [-0.2, 0) is 24.0 Å². The maximum atomic E-state index is 14.2. The number of hydrogen-bond donors (Lipinski definition) is 2. The summed E-state index contributed by atoms with van der Waals surface area (Å²) in [7, 11) is 0. The van der Waals surface area contributed by atoms with Crippen molar-refractivity contribution in [3.8, 4) is 0 Å². The van der Waals surface area contributed by atoms with E-state index in [1.54, 1.807) is 17.1 Å². The molecule has 2 aromatic carbocycles. The molecule has 0 bridgehead atoms. The minimum atomic E-state index is -0.912. The highest BCUT2D eigenvalue weighted by Crippen LogP contribution is 2.45. The van der Waals surface area contributed by atoms with Gasteiger partial charge >= 0.3 is 5.97 Å². The number of esters is 1. The van der Waals surface area contributed by atoms with E-state index in [1.807, 2.05) is 60.7 Å². The van der Waals surface area contributed by atoms with Crippen molar-refractivity contribution >= 4 is 68.6 Å². The summed E-state index contributed by atoms with van der Waals surface area (Å²) in [6.07, 6.45) is 4.68. The zero-order chi connectivity index (χ0) is 32.3. The summed E-state index contributed by atoms with van der Waals surface area (Å²) < 4.78 is 6.23. The summed E-state index contributed by atoms with van der Waals surface area (Å²) >= 11 is 4.01. The van der Waals surface area contributed by atoms with Crippen LogP contribution in [0.5, 0.6) is 0 Å². The number of carbonyl (C=O) groups is 3. The standard InChI is InChI=1S/C33H30N6O5S3/c34-33-36-23(17-46-33)25(38-44-21-13-7-8-14-21)29(40)37-26-30(41)39-27(22(16-45-31(26)39)24-15-35-18-47-24)32(42)43-28(19-9-3-1-4-10-19)20-11-5-2-6-12-20/h1-6,9-12,15,17-18,21,26,28,31H,7-8,13-14,16H2,(H2,34,36)(H,37,40)/b38-25-/t26-,31-/m1/s1. The molecule has 47 heavy (non-hydrogen) atoms. The highest BCUT2D eigenvalue weighted by Gasteiger charge is 2.55. The second-order valence-electron chi connectivity index (χ2n) is 11.2. The second kappa shape index (κ2) is 13.7. The number of anilines is 1. The zero-order valence-corrected chi connectivity index (χ0v) is 27.4. The van der Waals surface area contributed by atoms with Crippen LogP contribution in [0.25, 0.3) is 5.57 Å². The molecule has 0 unspecified atom stereocenters. The number of amides is 2. The van der Waals surface area contributed by atoms with Crippen LogP contribution >= 0.6 is 34.4 Å². The monoisotopic (exact) mass is 686 g/mol. The van der Waals surface area contributed by atoms with E-state index in [9.17, 15) is 14.4 Å². The predicted octanol–water partition coefficient (Wildman–Crippen LogP) is 4.99. The van der Waals surface area contributed by atoms with Crippen LogP contribution in [0.2, 0.25) is 0 Å². The number of fused-ring (bicyclic) bond motifs is 1.